The van der Waals surface area contributed by atoms with E-state index in [1.807, 2.05) is 11.8 Å². The molecule has 1 saturated carbocycles. The van der Waals surface area contributed by atoms with Crippen molar-refractivity contribution in [2.24, 2.45) is 11.7 Å². The lowest BCUT2D eigenvalue weighted by atomic mass is 10.0. The topological polar surface area (TPSA) is 72.1 Å². The van der Waals surface area contributed by atoms with E-state index in [9.17, 15) is 4.79 Å². The van der Waals surface area contributed by atoms with Crippen LogP contribution in [0.25, 0.3) is 0 Å². The maximum Gasteiger partial charge on any atom is 0.274 e. The van der Waals surface area contributed by atoms with Gasteiger partial charge in [0.2, 0.25) is 0 Å². The van der Waals surface area contributed by atoms with Crippen molar-refractivity contribution in [3.63, 3.8) is 0 Å². The van der Waals surface area contributed by atoms with E-state index >= 15 is 0 Å². The average molecular weight is 248 g/mol. The Morgan fingerprint density at radius 2 is 2.33 bits per heavy atom. The van der Waals surface area contributed by atoms with Gasteiger partial charge in [0.1, 0.15) is 5.69 Å². The molecule has 5 nitrogen and oxygen atoms in total. The van der Waals surface area contributed by atoms with Gasteiger partial charge in [-0.15, -0.1) is 0 Å². The van der Waals surface area contributed by atoms with Crippen LogP contribution in [0, 0.1) is 5.92 Å². The van der Waals surface area contributed by atoms with Gasteiger partial charge >= 0.3 is 0 Å². The summed E-state index contributed by atoms with van der Waals surface area (Å²) in [7, 11) is 0. The zero-order valence-corrected chi connectivity index (χ0v) is 10.7. The maximum atomic E-state index is 12.4. The molecule has 0 aliphatic heterocycles. The number of amides is 1. The second-order valence-corrected chi connectivity index (χ2v) is 4.68. The molecule has 2 unspecified atom stereocenters. The number of carbonyl (C=O) groups is 1. The van der Waals surface area contributed by atoms with Crippen LogP contribution in [0.2, 0.25) is 0 Å². The molecule has 1 aromatic heterocycles. The van der Waals surface area contributed by atoms with E-state index in [0.29, 0.717) is 24.7 Å². The standard InChI is InChI=1S/C13H20N4O/c1-2-17(12-5-3-4-10(12)8-14)13(18)11-9-15-6-7-16-11/h6-7,9-10,12H,2-5,8,14H2,1H3. The van der Waals surface area contributed by atoms with Gasteiger partial charge in [0.15, 0.2) is 0 Å². The predicted octanol–water partition coefficient (Wildman–Crippen LogP) is 1.07. The molecule has 0 saturated heterocycles. The molecule has 2 rings (SSSR count). The van der Waals surface area contributed by atoms with Gasteiger partial charge in [-0.1, -0.05) is 6.42 Å². The fourth-order valence-corrected chi connectivity index (χ4v) is 2.79. The first-order chi connectivity index (χ1) is 8.77. The van der Waals surface area contributed by atoms with Gasteiger partial charge in [-0.05, 0) is 32.2 Å². The van der Waals surface area contributed by atoms with E-state index in [0.717, 1.165) is 19.3 Å². The van der Waals surface area contributed by atoms with Gasteiger partial charge in [-0.3, -0.25) is 9.78 Å². The lowest BCUT2D eigenvalue weighted by Gasteiger charge is -2.31. The number of hydrogen-bond donors (Lipinski definition) is 1. The van der Waals surface area contributed by atoms with Gasteiger partial charge in [0, 0.05) is 25.0 Å². The van der Waals surface area contributed by atoms with Gasteiger partial charge in [-0.2, -0.15) is 0 Å². The molecule has 18 heavy (non-hydrogen) atoms. The first kappa shape index (κ1) is 13.0. The molecule has 1 aliphatic carbocycles. The zero-order valence-electron chi connectivity index (χ0n) is 10.7. The summed E-state index contributed by atoms with van der Waals surface area (Å²) in [4.78, 5) is 22.3. The van der Waals surface area contributed by atoms with E-state index in [-0.39, 0.29) is 11.9 Å². The van der Waals surface area contributed by atoms with Crippen LogP contribution in [0.15, 0.2) is 18.6 Å². The molecule has 2 N–H and O–H groups in total. The van der Waals surface area contributed by atoms with E-state index in [4.69, 9.17) is 5.73 Å². The Hall–Kier alpha value is -1.49. The number of rotatable bonds is 4. The van der Waals surface area contributed by atoms with Crippen molar-refractivity contribution in [3.05, 3.63) is 24.3 Å². The Kier molecular flexibility index (Phi) is 4.25. The highest BCUT2D eigenvalue weighted by atomic mass is 16.2. The summed E-state index contributed by atoms with van der Waals surface area (Å²) in [5, 5.41) is 0. The lowest BCUT2D eigenvalue weighted by molar-refractivity contribution is 0.0645. The molecular formula is C13H20N4O. The minimum Gasteiger partial charge on any atom is -0.334 e. The van der Waals surface area contributed by atoms with Crippen LogP contribution in [0.1, 0.15) is 36.7 Å². The molecule has 0 spiro atoms. The van der Waals surface area contributed by atoms with Crippen molar-refractivity contribution >= 4 is 5.91 Å². The summed E-state index contributed by atoms with van der Waals surface area (Å²) >= 11 is 0. The zero-order chi connectivity index (χ0) is 13.0. The van der Waals surface area contributed by atoms with Crippen molar-refractivity contribution in [3.8, 4) is 0 Å². The largest absolute Gasteiger partial charge is 0.334 e. The molecule has 1 aliphatic rings. The highest BCUT2D eigenvalue weighted by molar-refractivity contribution is 5.92. The predicted molar refractivity (Wildman–Crippen MR) is 68.9 cm³/mol. The third-order valence-corrected chi connectivity index (χ3v) is 3.71. The molecule has 2 atom stereocenters. The average Bonchev–Trinajstić information content (AvgIpc) is 2.89. The third kappa shape index (κ3) is 2.51. The fraction of sp³-hybridized carbons (Fsp3) is 0.615. The Balaban J connectivity index is 2.16. The van der Waals surface area contributed by atoms with Crippen LogP contribution in [0.4, 0.5) is 0 Å². The van der Waals surface area contributed by atoms with Gasteiger partial charge in [-0.25, -0.2) is 4.98 Å². The van der Waals surface area contributed by atoms with Crippen LogP contribution in [-0.4, -0.2) is 39.9 Å². The highest BCUT2D eigenvalue weighted by Crippen LogP contribution is 2.29. The molecule has 0 bridgehead atoms. The van der Waals surface area contributed by atoms with Crippen molar-refractivity contribution < 1.29 is 4.79 Å². The minimum atomic E-state index is -0.0315. The smallest absolute Gasteiger partial charge is 0.274 e. The summed E-state index contributed by atoms with van der Waals surface area (Å²) in [5.74, 6) is 0.390. The van der Waals surface area contributed by atoms with Crippen LogP contribution >= 0.6 is 0 Å². The van der Waals surface area contributed by atoms with E-state index in [1.54, 1.807) is 12.4 Å². The van der Waals surface area contributed by atoms with Crippen molar-refractivity contribution in [2.75, 3.05) is 13.1 Å². The number of nitrogens with two attached hydrogens (primary N) is 1. The molecule has 0 aromatic carbocycles. The molecule has 1 fully saturated rings. The Morgan fingerprint density at radius 1 is 1.50 bits per heavy atom. The van der Waals surface area contributed by atoms with Gasteiger partial charge in [0.25, 0.3) is 5.91 Å². The second kappa shape index (κ2) is 5.91. The summed E-state index contributed by atoms with van der Waals surface area (Å²) in [5.41, 5.74) is 6.21. The number of carbonyl (C=O) groups excluding carboxylic acids is 1. The Morgan fingerprint density at radius 3 is 2.94 bits per heavy atom. The molecule has 1 heterocycles. The number of aromatic nitrogens is 2. The van der Waals surface area contributed by atoms with E-state index in [1.165, 1.54) is 6.20 Å². The quantitative estimate of drug-likeness (QED) is 0.865. The molecule has 1 amide bonds. The Labute approximate surface area is 107 Å². The van der Waals surface area contributed by atoms with Crippen LogP contribution in [0.3, 0.4) is 0 Å². The number of hydrogen-bond acceptors (Lipinski definition) is 4. The Bertz CT molecular complexity index is 395. The monoisotopic (exact) mass is 248 g/mol. The molecule has 0 radical (unpaired) electrons. The fourth-order valence-electron chi connectivity index (χ4n) is 2.79. The SMILES string of the molecule is CCN(C(=O)c1cnccn1)C1CCCC1CN. The summed E-state index contributed by atoms with van der Waals surface area (Å²) in [6, 6.07) is 0.259. The summed E-state index contributed by atoms with van der Waals surface area (Å²) in [6.07, 6.45) is 7.96. The third-order valence-electron chi connectivity index (χ3n) is 3.71. The first-order valence-corrected chi connectivity index (χ1v) is 6.55. The first-order valence-electron chi connectivity index (χ1n) is 6.55. The van der Waals surface area contributed by atoms with Crippen LogP contribution in [-0.2, 0) is 0 Å². The molecule has 5 heteroatoms. The van der Waals surface area contributed by atoms with Gasteiger partial charge in [0.05, 0.1) is 6.20 Å². The maximum absolute atomic E-state index is 12.4. The van der Waals surface area contributed by atoms with Crippen molar-refractivity contribution in [2.45, 2.75) is 32.2 Å². The van der Waals surface area contributed by atoms with E-state index < -0.39 is 0 Å². The van der Waals surface area contributed by atoms with Crippen molar-refractivity contribution in [1.29, 1.82) is 0 Å². The minimum absolute atomic E-state index is 0.0315. The number of nitrogens with zero attached hydrogens (tertiary/aromatic N) is 3. The summed E-state index contributed by atoms with van der Waals surface area (Å²) < 4.78 is 0. The van der Waals surface area contributed by atoms with Gasteiger partial charge < -0.3 is 10.6 Å². The van der Waals surface area contributed by atoms with E-state index in [2.05, 4.69) is 9.97 Å². The van der Waals surface area contributed by atoms with Crippen LogP contribution in [0.5, 0.6) is 0 Å². The van der Waals surface area contributed by atoms with Crippen molar-refractivity contribution in [1.82, 2.24) is 14.9 Å². The molecule has 98 valence electrons. The highest BCUT2D eigenvalue weighted by Gasteiger charge is 2.33. The molecular weight excluding hydrogens is 228 g/mol. The second-order valence-electron chi connectivity index (χ2n) is 4.68. The normalized spacial score (nSPS) is 23.0. The van der Waals surface area contributed by atoms with Crippen LogP contribution < -0.4 is 5.73 Å². The molecule has 1 aromatic rings. The summed E-state index contributed by atoms with van der Waals surface area (Å²) in [6.45, 7) is 3.34. The lowest BCUT2D eigenvalue weighted by Crippen LogP contribution is -2.44.